The predicted molar refractivity (Wildman–Crippen MR) is 63.2 cm³/mol. The number of hydrogen-bond donors (Lipinski definition) is 2. The first-order valence-electron chi connectivity index (χ1n) is 5.67. The van der Waals surface area contributed by atoms with Crippen LogP contribution in [0.4, 0.5) is 5.69 Å². The van der Waals surface area contributed by atoms with E-state index in [1.165, 1.54) is 12.6 Å². The summed E-state index contributed by atoms with van der Waals surface area (Å²) in [7, 11) is 0. The van der Waals surface area contributed by atoms with Crippen LogP contribution in [-0.2, 0) is 0 Å². The van der Waals surface area contributed by atoms with E-state index in [-0.39, 0.29) is 0 Å². The monoisotopic (exact) mass is 219 g/mol. The second-order valence-corrected chi connectivity index (χ2v) is 4.54. The molecule has 4 nitrogen and oxygen atoms in total. The number of anilines is 1. The molecule has 0 aliphatic heterocycles. The average Bonchev–Trinajstić information content (AvgIpc) is 2.64. The van der Waals surface area contributed by atoms with Crippen molar-refractivity contribution in [2.45, 2.75) is 32.2 Å². The molecule has 86 valence electrons. The molecule has 0 aromatic carbocycles. The van der Waals surface area contributed by atoms with E-state index >= 15 is 0 Å². The fraction of sp³-hybridized carbons (Fsp3) is 0.500. The maximum atomic E-state index is 11.2. The molecule has 1 saturated carbocycles. The van der Waals surface area contributed by atoms with Gasteiger partial charge in [-0.05, 0) is 31.2 Å². The lowest BCUT2D eigenvalue weighted by molar-refractivity contribution is 0.100. The van der Waals surface area contributed by atoms with Crippen LogP contribution in [0.2, 0.25) is 0 Å². The minimum absolute atomic E-state index is 0.429. The van der Waals surface area contributed by atoms with Crippen molar-refractivity contribution in [2.24, 2.45) is 11.7 Å². The molecule has 16 heavy (non-hydrogen) atoms. The molecule has 1 aromatic rings. The van der Waals surface area contributed by atoms with Gasteiger partial charge in [-0.2, -0.15) is 0 Å². The maximum Gasteiger partial charge on any atom is 0.252 e. The zero-order valence-corrected chi connectivity index (χ0v) is 9.44. The van der Waals surface area contributed by atoms with E-state index in [0.717, 1.165) is 24.4 Å². The molecule has 0 spiro atoms. The van der Waals surface area contributed by atoms with E-state index in [1.807, 2.05) is 6.07 Å². The fourth-order valence-electron chi connectivity index (χ4n) is 2.27. The summed E-state index contributed by atoms with van der Waals surface area (Å²) < 4.78 is 0. The molecule has 2 unspecified atom stereocenters. The summed E-state index contributed by atoms with van der Waals surface area (Å²) in [4.78, 5) is 15.1. The summed E-state index contributed by atoms with van der Waals surface area (Å²) in [5, 5.41) is 3.38. The summed E-state index contributed by atoms with van der Waals surface area (Å²) in [5.41, 5.74) is 6.58. The van der Waals surface area contributed by atoms with Crippen molar-refractivity contribution in [1.29, 1.82) is 0 Å². The summed E-state index contributed by atoms with van der Waals surface area (Å²) in [6.07, 6.45) is 6.74. The Balaban J connectivity index is 2.12. The van der Waals surface area contributed by atoms with Crippen LogP contribution >= 0.6 is 0 Å². The molecule has 1 aliphatic rings. The third kappa shape index (κ3) is 2.32. The maximum absolute atomic E-state index is 11.2. The summed E-state index contributed by atoms with van der Waals surface area (Å²) in [6.45, 7) is 2.25. The van der Waals surface area contributed by atoms with Crippen LogP contribution in [0.3, 0.4) is 0 Å². The zero-order chi connectivity index (χ0) is 11.5. The first kappa shape index (κ1) is 10.9. The third-order valence-electron chi connectivity index (χ3n) is 3.14. The number of nitrogens with zero attached hydrogens (tertiary/aromatic N) is 1. The number of nitrogens with one attached hydrogen (secondary N) is 1. The molecular formula is C12H17N3O. The first-order valence-corrected chi connectivity index (χ1v) is 5.67. The fourth-order valence-corrected chi connectivity index (χ4v) is 2.27. The van der Waals surface area contributed by atoms with Crippen LogP contribution in [0.15, 0.2) is 18.5 Å². The van der Waals surface area contributed by atoms with E-state index in [1.54, 1.807) is 6.20 Å². The second kappa shape index (κ2) is 4.51. The average molecular weight is 219 g/mol. The van der Waals surface area contributed by atoms with Crippen molar-refractivity contribution in [3.05, 3.63) is 24.0 Å². The van der Waals surface area contributed by atoms with Crippen LogP contribution in [0.25, 0.3) is 0 Å². The van der Waals surface area contributed by atoms with Gasteiger partial charge < -0.3 is 11.1 Å². The van der Waals surface area contributed by atoms with E-state index < -0.39 is 5.91 Å². The zero-order valence-electron chi connectivity index (χ0n) is 9.44. The van der Waals surface area contributed by atoms with Crippen LogP contribution in [0, 0.1) is 5.92 Å². The normalized spacial score (nSPS) is 24.3. The molecule has 0 radical (unpaired) electrons. The highest BCUT2D eigenvalue weighted by Gasteiger charge is 2.22. The van der Waals surface area contributed by atoms with E-state index in [2.05, 4.69) is 17.2 Å². The molecule has 0 bridgehead atoms. The number of pyridine rings is 1. The topological polar surface area (TPSA) is 68.0 Å². The Labute approximate surface area is 95.3 Å². The Kier molecular flexibility index (Phi) is 3.08. The van der Waals surface area contributed by atoms with Crippen molar-refractivity contribution in [3.63, 3.8) is 0 Å². The minimum Gasteiger partial charge on any atom is -0.382 e. The van der Waals surface area contributed by atoms with Crippen molar-refractivity contribution in [3.8, 4) is 0 Å². The third-order valence-corrected chi connectivity index (χ3v) is 3.14. The van der Waals surface area contributed by atoms with Crippen molar-refractivity contribution >= 4 is 11.6 Å². The van der Waals surface area contributed by atoms with Gasteiger partial charge in [0.05, 0.1) is 11.3 Å². The van der Waals surface area contributed by atoms with Gasteiger partial charge in [-0.1, -0.05) is 6.92 Å². The van der Waals surface area contributed by atoms with Crippen LogP contribution in [0.1, 0.15) is 36.5 Å². The van der Waals surface area contributed by atoms with Gasteiger partial charge in [0.2, 0.25) is 0 Å². The van der Waals surface area contributed by atoms with Gasteiger partial charge in [-0.3, -0.25) is 9.78 Å². The molecule has 4 heteroatoms. The summed E-state index contributed by atoms with van der Waals surface area (Å²) in [6, 6.07) is 2.26. The van der Waals surface area contributed by atoms with Gasteiger partial charge in [0.25, 0.3) is 5.91 Å². The summed E-state index contributed by atoms with van der Waals surface area (Å²) >= 11 is 0. The molecule has 3 N–H and O–H groups in total. The number of aromatic nitrogens is 1. The largest absolute Gasteiger partial charge is 0.382 e. The number of amides is 1. The molecule has 2 rings (SSSR count). The lowest BCUT2D eigenvalue weighted by Crippen LogP contribution is -2.20. The van der Waals surface area contributed by atoms with Crippen LogP contribution in [0.5, 0.6) is 0 Å². The number of primary amides is 1. The smallest absolute Gasteiger partial charge is 0.252 e. The van der Waals surface area contributed by atoms with Gasteiger partial charge in [0.15, 0.2) is 0 Å². The van der Waals surface area contributed by atoms with Crippen LogP contribution in [-0.4, -0.2) is 16.9 Å². The Hall–Kier alpha value is -1.58. The minimum atomic E-state index is -0.429. The van der Waals surface area contributed by atoms with Crippen LogP contribution < -0.4 is 11.1 Å². The van der Waals surface area contributed by atoms with Gasteiger partial charge >= 0.3 is 0 Å². The SMILES string of the molecule is CC1CCC(Nc2ccncc2C(N)=O)C1. The van der Waals surface area contributed by atoms with Gasteiger partial charge in [0.1, 0.15) is 0 Å². The Morgan fingerprint density at radius 2 is 2.38 bits per heavy atom. The standard InChI is InChI=1S/C12H17N3O/c1-8-2-3-9(6-8)15-11-4-5-14-7-10(11)12(13)16/h4-5,7-9H,2-3,6H2,1H3,(H2,13,16)(H,14,15). The second-order valence-electron chi connectivity index (χ2n) is 4.54. The molecular weight excluding hydrogens is 202 g/mol. The number of hydrogen-bond acceptors (Lipinski definition) is 3. The molecule has 1 fully saturated rings. The number of carbonyl (C=O) groups is 1. The molecule has 1 amide bonds. The van der Waals surface area contributed by atoms with Crippen molar-refractivity contribution in [1.82, 2.24) is 4.98 Å². The highest BCUT2D eigenvalue weighted by Crippen LogP contribution is 2.28. The molecule has 1 aromatic heterocycles. The van der Waals surface area contributed by atoms with Gasteiger partial charge in [0, 0.05) is 18.4 Å². The highest BCUT2D eigenvalue weighted by molar-refractivity contribution is 5.98. The lowest BCUT2D eigenvalue weighted by atomic mass is 10.1. The van der Waals surface area contributed by atoms with Crippen molar-refractivity contribution < 1.29 is 4.79 Å². The first-order chi connectivity index (χ1) is 7.66. The molecule has 2 atom stereocenters. The predicted octanol–water partition coefficient (Wildman–Crippen LogP) is 1.78. The summed E-state index contributed by atoms with van der Waals surface area (Å²) in [5.74, 6) is 0.331. The van der Waals surface area contributed by atoms with Gasteiger partial charge in [-0.15, -0.1) is 0 Å². The quantitative estimate of drug-likeness (QED) is 0.814. The number of nitrogens with two attached hydrogens (primary N) is 1. The van der Waals surface area contributed by atoms with E-state index in [0.29, 0.717) is 11.6 Å². The Morgan fingerprint density at radius 3 is 3.00 bits per heavy atom. The van der Waals surface area contributed by atoms with Crippen molar-refractivity contribution in [2.75, 3.05) is 5.32 Å². The molecule has 1 heterocycles. The van der Waals surface area contributed by atoms with Gasteiger partial charge in [-0.25, -0.2) is 0 Å². The number of carbonyl (C=O) groups excluding carboxylic acids is 1. The Bertz CT molecular complexity index is 392. The molecule has 1 aliphatic carbocycles. The Morgan fingerprint density at radius 1 is 1.56 bits per heavy atom. The van der Waals surface area contributed by atoms with E-state index in [4.69, 9.17) is 5.73 Å². The van der Waals surface area contributed by atoms with E-state index in [9.17, 15) is 4.79 Å². The highest BCUT2D eigenvalue weighted by atomic mass is 16.1. The molecule has 0 saturated heterocycles. The lowest BCUT2D eigenvalue weighted by Gasteiger charge is -2.15. The number of rotatable bonds is 3.